The van der Waals surface area contributed by atoms with Gasteiger partial charge in [-0.25, -0.2) is 0 Å². The van der Waals surface area contributed by atoms with E-state index in [0.29, 0.717) is 13.0 Å². The molecule has 2 rings (SSSR count). The molecular weight excluding hydrogens is 252 g/mol. The van der Waals surface area contributed by atoms with Gasteiger partial charge in [-0.2, -0.15) is 0 Å². The van der Waals surface area contributed by atoms with Crippen molar-refractivity contribution in [2.45, 2.75) is 44.6 Å². The number of hydrogen-bond donors (Lipinski definition) is 2. The van der Waals surface area contributed by atoms with E-state index in [1.807, 2.05) is 12.1 Å². The summed E-state index contributed by atoms with van der Waals surface area (Å²) < 4.78 is 4.98. The summed E-state index contributed by atoms with van der Waals surface area (Å²) in [4.78, 5) is 12.1. The molecule has 0 radical (unpaired) electrons. The Morgan fingerprint density at radius 1 is 1.40 bits per heavy atom. The summed E-state index contributed by atoms with van der Waals surface area (Å²) in [5.41, 5.74) is 9.50. The molecule has 1 atom stereocenters. The van der Waals surface area contributed by atoms with Crippen LogP contribution < -0.4 is 11.1 Å². The molecule has 1 aromatic rings. The molecule has 0 spiro atoms. The van der Waals surface area contributed by atoms with Gasteiger partial charge in [0.05, 0.1) is 6.04 Å². The second-order valence-corrected chi connectivity index (χ2v) is 5.38. The highest BCUT2D eigenvalue weighted by Crippen LogP contribution is 2.27. The van der Waals surface area contributed by atoms with E-state index in [1.54, 1.807) is 7.11 Å². The molecule has 1 aromatic carbocycles. The number of carbonyl (C=O) groups excluding carboxylic acids is 1. The van der Waals surface area contributed by atoms with Crippen molar-refractivity contribution in [2.24, 2.45) is 5.73 Å². The summed E-state index contributed by atoms with van der Waals surface area (Å²) in [5, 5.41) is 2.99. The SMILES string of the molecule is COCCCC(N)C(=O)Nc1cccc2c1CCCC2. The van der Waals surface area contributed by atoms with Crippen molar-refractivity contribution in [1.29, 1.82) is 0 Å². The number of amides is 1. The first-order valence-electron chi connectivity index (χ1n) is 7.38. The summed E-state index contributed by atoms with van der Waals surface area (Å²) in [5.74, 6) is -0.0972. The lowest BCUT2D eigenvalue weighted by Gasteiger charge is -2.20. The van der Waals surface area contributed by atoms with Crippen LogP contribution in [0.1, 0.15) is 36.8 Å². The lowest BCUT2D eigenvalue weighted by Crippen LogP contribution is -2.36. The molecule has 0 fully saturated rings. The predicted octanol–water partition coefficient (Wildman–Crippen LogP) is 2.26. The Hall–Kier alpha value is -1.39. The molecule has 0 saturated carbocycles. The Kier molecular flexibility index (Phi) is 5.56. The van der Waals surface area contributed by atoms with Crippen molar-refractivity contribution in [3.8, 4) is 0 Å². The third kappa shape index (κ3) is 3.81. The van der Waals surface area contributed by atoms with Crippen LogP contribution in [0.4, 0.5) is 5.69 Å². The van der Waals surface area contributed by atoms with Gasteiger partial charge < -0.3 is 15.8 Å². The third-order valence-electron chi connectivity index (χ3n) is 3.85. The Balaban J connectivity index is 1.97. The number of anilines is 1. The minimum Gasteiger partial charge on any atom is -0.385 e. The molecule has 0 heterocycles. The first-order valence-corrected chi connectivity index (χ1v) is 7.38. The molecule has 20 heavy (non-hydrogen) atoms. The number of methoxy groups -OCH3 is 1. The standard InChI is InChI=1S/C16H24N2O2/c1-20-11-5-9-14(17)16(19)18-15-10-4-7-12-6-2-3-8-13(12)15/h4,7,10,14H,2-3,5-6,8-9,11,17H2,1H3,(H,18,19). The van der Waals surface area contributed by atoms with Gasteiger partial charge in [0.2, 0.25) is 5.91 Å². The van der Waals surface area contributed by atoms with Crippen molar-refractivity contribution in [2.75, 3.05) is 19.0 Å². The molecule has 0 bridgehead atoms. The molecule has 110 valence electrons. The largest absolute Gasteiger partial charge is 0.385 e. The van der Waals surface area contributed by atoms with E-state index in [4.69, 9.17) is 10.5 Å². The third-order valence-corrected chi connectivity index (χ3v) is 3.85. The van der Waals surface area contributed by atoms with Crippen LogP contribution >= 0.6 is 0 Å². The fraction of sp³-hybridized carbons (Fsp3) is 0.562. The van der Waals surface area contributed by atoms with Crippen LogP contribution in [0.3, 0.4) is 0 Å². The fourth-order valence-electron chi connectivity index (χ4n) is 2.70. The number of nitrogens with one attached hydrogen (secondary N) is 1. The molecule has 4 nitrogen and oxygen atoms in total. The van der Waals surface area contributed by atoms with E-state index in [1.165, 1.54) is 24.0 Å². The number of benzene rings is 1. The molecular formula is C16H24N2O2. The molecule has 0 aliphatic heterocycles. The van der Waals surface area contributed by atoms with Crippen molar-refractivity contribution in [1.82, 2.24) is 0 Å². The summed E-state index contributed by atoms with van der Waals surface area (Å²) in [6, 6.07) is 5.67. The van der Waals surface area contributed by atoms with Crippen LogP contribution in [-0.4, -0.2) is 25.7 Å². The Labute approximate surface area is 120 Å². The average Bonchev–Trinajstić information content (AvgIpc) is 2.47. The van der Waals surface area contributed by atoms with Gasteiger partial charge in [-0.1, -0.05) is 12.1 Å². The van der Waals surface area contributed by atoms with E-state index in [2.05, 4.69) is 11.4 Å². The fourth-order valence-corrected chi connectivity index (χ4v) is 2.70. The average molecular weight is 276 g/mol. The number of hydrogen-bond acceptors (Lipinski definition) is 3. The zero-order chi connectivity index (χ0) is 14.4. The number of carbonyl (C=O) groups is 1. The van der Waals surface area contributed by atoms with E-state index < -0.39 is 6.04 Å². The van der Waals surface area contributed by atoms with Crippen molar-refractivity contribution in [3.05, 3.63) is 29.3 Å². The maximum absolute atomic E-state index is 12.1. The molecule has 1 amide bonds. The summed E-state index contributed by atoms with van der Waals surface area (Å²) in [6.07, 6.45) is 6.04. The van der Waals surface area contributed by atoms with Crippen molar-refractivity contribution in [3.63, 3.8) is 0 Å². The van der Waals surface area contributed by atoms with Crippen LogP contribution in [0.25, 0.3) is 0 Å². The second-order valence-electron chi connectivity index (χ2n) is 5.38. The molecule has 1 unspecified atom stereocenters. The maximum atomic E-state index is 12.1. The van der Waals surface area contributed by atoms with Crippen LogP contribution in [0, 0.1) is 0 Å². The van der Waals surface area contributed by atoms with Gasteiger partial charge in [-0.3, -0.25) is 4.79 Å². The topological polar surface area (TPSA) is 64.3 Å². The monoisotopic (exact) mass is 276 g/mol. The molecule has 0 saturated heterocycles. The number of fused-ring (bicyclic) bond motifs is 1. The van der Waals surface area contributed by atoms with Gasteiger partial charge >= 0.3 is 0 Å². The van der Waals surface area contributed by atoms with Crippen LogP contribution in [0.15, 0.2) is 18.2 Å². The van der Waals surface area contributed by atoms with Gasteiger partial charge in [-0.15, -0.1) is 0 Å². The highest BCUT2D eigenvalue weighted by molar-refractivity contribution is 5.95. The van der Waals surface area contributed by atoms with Gasteiger partial charge in [0.15, 0.2) is 0 Å². The van der Waals surface area contributed by atoms with Crippen LogP contribution in [-0.2, 0) is 22.4 Å². The minimum absolute atomic E-state index is 0.0972. The molecule has 0 aromatic heterocycles. The molecule has 3 N–H and O–H groups in total. The Morgan fingerprint density at radius 2 is 2.20 bits per heavy atom. The first-order chi connectivity index (χ1) is 9.72. The number of aryl methyl sites for hydroxylation is 1. The normalized spacial score (nSPS) is 15.5. The number of rotatable bonds is 6. The molecule has 1 aliphatic rings. The molecule has 4 heteroatoms. The Bertz CT molecular complexity index is 460. The van der Waals surface area contributed by atoms with Gasteiger partial charge in [0.25, 0.3) is 0 Å². The lowest BCUT2D eigenvalue weighted by molar-refractivity contribution is -0.117. The molecule has 1 aliphatic carbocycles. The van der Waals surface area contributed by atoms with E-state index >= 15 is 0 Å². The Morgan fingerprint density at radius 3 is 3.00 bits per heavy atom. The summed E-state index contributed by atoms with van der Waals surface area (Å²) in [6.45, 7) is 0.641. The van der Waals surface area contributed by atoms with E-state index in [-0.39, 0.29) is 5.91 Å². The van der Waals surface area contributed by atoms with E-state index in [0.717, 1.165) is 24.9 Å². The zero-order valence-electron chi connectivity index (χ0n) is 12.2. The van der Waals surface area contributed by atoms with Crippen LogP contribution in [0.2, 0.25) is 0 Å². The van der Waals surface area contributed by atoms with Gasteiger partial charge in [-0.05, 0) is 55.7 Å². The van der Waals surface area contributed by atoms with Crippen molar-refractivity contribution < 1.29 is 9.53 Å². The second kappa shape index (κ2) is 7.41. The quantitative estimate of drug-likeness (QED) is 0.783. The smallest absolute Gasteiger partial charge is 0.241 e. The maximum Gasteiger partial charge on any atom is 0.241 e. The first kappa shape index (κ1) is 15.0. The predicted molar refractivity (Wildman–Crippen MR) is 80.8 cm³/mol. The van der Waals surface area contributed by atoms with Crippen molar-refractivity contribution >= 4 is 11.6 Å². The highest BCUT2D eigenvalue weighted by Gasteiger charge is 2.17. The lowest BCUT2D eigenvalue weighted by atomic mass is 9.90. The zero-order valence-corrected chi connectivity index (χ0v) is 12.2. The minimum atomic E-state index is -0.468. The van der Waals surface area contributed by atoms with Gasteiger partial charge in [0, 0.05) is 19.4 Å². The number of ether oxygens (including phenoxy) is 1. The number of nitrogens with two attached hydrogens (primary N) is 1. The summed E-state index contributed by atoms with van der Waals surface area (Å²) in [7, 11) is 1.65. The van der Waals surface area contributed by atoms with Crippen LogP contribution in [0.5, 0.6) is 0 Å². The summed E-state index contributed by atoms with van der Waals surface area (Å²) >= 11 is 0. The highest BCUT2D eigenvalue weighted by atomic mass is 16.5. The van der Waals surface area contributed by atoms with Gasteiger partial charge in [0.1, 0.15) is 0 Å². The van der Waals surface area contributed by atoms with E-state index in [9.17, 15) is 4.79 Å².